The van der Waals surface area contributed by atoms with Gasteiger partial charge in [0.15, 0.2) is 0 Å². The normalized spacial score (nSPS) is 35.8. The minimum Gasteiger partial charge on any atom is -0.381 e. The highest BCUT2D eigenvalue weighted by molar-refractivity contribution is 4.90. The van der Waals surface area contributed by atoms with Gasteiger partial charge in [0, 0.05) is 18.6 Å². The van der Waals surface area contributed by atoms with E-state index in [0.717, 1.165) is 32.7 Å². The van der Waals surface area contributed by atoms with Gasteiger partial charge in [-0.1, -0.05) is 6.92 Å². The summed E-state index contributed by atoms with van der Waals surface area (Å²) in [5.74, 6) is 0. The first-order valence-corrected chi connectivity index (χ1v) is 7.52. The summed E-state index contributed by atoms with van der Waals surface area (Å²) < 4.78 is 11.9. The summed E-state index contributed by atoms with van der Waals surface area (Å²) >= 11 is 0. The zero-order valence-corrected chi connectivity index (χ0v) is 12.3. The molecular formula is C15H29NO2. The van der Waals surface area contributed by atoms with Crippen molar-refractivity contribution < 1.29 is 9.47 Å². The highest BCUT2D eigenvalue weighted by atomic mass is 16.5. The smallest absolute Gasteiger partial charge is 0.0631 e. The molecule has 1 N–H and O–H groups in total. The third kappa shape index (κ3) is 3.69. The molecule has 0 bridgehead atoms. The molecule has 0 amide bonds. The molecule has 2 aliphatic heterocycles. The summed E-state index contributed by atoms with van der Waals surface area (Å²) in [5, 5.41) is 3.52. The van der Waals surface area contributed by atoms with E-state index in [2.05, 4.69) is 26.1 Å². The third-order valence-electron chi connectivity index (χ3n) is 4.37. The van der Waals surface area contributed by atoms with Crippen LogP contribution in [-0.4, -0.2) is 38.0 Å². The number of hydrogen-bond acceptors (Lipinski definition) is 3. The molecule has 3 heteroatoms. The standard InChI is InChI=1S/C15H29NO2/c1-4-16-11-15(7-5-9-17-12-15)10-13-6-8-14(2,3)18-13/h13,16H,4-12H2,1-3H3. The second kappa shape index (κ2) is 5.89. The second-order valence-corrected chi connectivity index (χ2v) is 6.68. The lowest BCUT2D eigenvalue weighted by Gasteiger charge is -2.39. The SMILES string of the molecule is CCNCC1(CC2CCC(C)(C)O2)CCCOC1. The molecule has 0 aromatic heterocycles. The molecule has 0 aromatic rings. The van der Waals surface area contributed by atoms with E-state index < -0.39 is 0 Å². The van der Waals surface area contributed by atoms with Gasteiger partial charge in [-0.05, 0) is 52.5 Å². The van der Waals surface area contributed by atoms with E-state index in [9.17, 15) is 0 Å². The van der Waals surface area contributed by atoms with Crippen LogP contribution in [0, 0.1) is 5.41 Å². The average Bonchev–Trinajstić information content (AvgIpc) is 2.67. The Kier molecular flexibility index (Phi) is 4.68. The van der Waals surface area contributed by atoms with Crippen LogP contribution in [-0.2, 0) is 9.47 Å². The molecule has 0 saturated carbocycles. The first-order chi connectivity index (χ1) is 8.55. The average molecular weight is 255 g/mol. The maximum absolute atomic E-state index is 6.17. The fourth-order valence-electron chi connectivity index (χ4n) is 3.38. The van der Waals surface area contributed by atoms with Crippen molar-refractivity contribution in [3.8, 4) is 0 Å². The molecule has 0 radical (unpaired) electrons. The fourth-order valence-corrected chi connectivity index (χ4v) is 3.38. The van der Waals surface area contributed by atoms with Crippen molar-refractivity contribution in [3.63, 3.8) is 0 Å². The van der Waals surface area contributed by atoms with Crippen molar-refractivity contribution in [3.05, 3.63) is 0 Å². The molecule has 106 valence electrons. The van der Waals surface area contributed by atoms with Crippen molar-refractivity contribution in [2.45, 2.75) is 64.6 Å². The molecule has 2 heterocycles. The number of hydrogen-bond donors (Lipinski definition) is 1. The van der Waals surface area contributed by atoms with E-state index >= 15 is 0 Å². The molecule has 0 aliphatic carbocycles. The highest BCUT2D eigenvalue weighted by Crippen LogP contribution is 2.39. The van der Waals surface area contributed by atoms with Crippen molar-refractivity contribution in [2.24, 2.45) is 5.41 Å². The summed E-state index contributed by atoms with van der Waals surface area (Å²) in [7, 11) is 0. The molecule has 2 fully saturated rings. The Balaban J connectivity index is 1.92. The molecular weight excluding hydrogens is 226 g/mol. The lowest BCUT2D eigenvalue weighted by Crippen LogP contribution is -2.43. The minimum atomic E-state index is 0.0829. The van der Waals surface area contributed by atoms with Gasteiger partial charge in [0.2, 0.25) is 0 Å². The number of nitrogens with one attached hydrogen (secondary N) is 1. The van der Waals surface area contributed by atoms with Gasteiger partial charge in [-0.3, -0.25) is 0 Å². The minimum absolute atomic E-state index is 0.0829. The Labute approximate surface area is 112 Å². The summed E-state index contributed by atoms with van der Waals surface area (Å²) in [6.07, 6.45) is 6.46. The van der Waals surface area contributed by atoms with Crippen molar-refractivity contribution in [1.82, 2.24) is 5.32 Å². The molecule has 18 heavy (non-hydrogen) atoms. The predicted octanol–water partition coefficient (Wildman–Crippen LogP) is 2.74. The summed E-state index contributed by atoms with van der Waals surface area (Å²) in [5.41, 5.74) is 0.388. The Bertz CT molecular complexity index is 259. The summed E-state index contributed by atoms with van der Waals surface area (Å²) in [4.78, 5) is 0. The van der Waals surface area contributed by atoms with Crippen LogP contribution < -0.4 is 5.32 Å². The van der Waals surface area contributed by atoms with Crippen LogP contribution in [0.1, 0.15) is 52.9 Å². The fraction of sp³-hybridized carbons (Fsp3) is 1.00. The topological polar surface area (TPSA) is 30.5 Å². The number of ether oxygens (including phenoxy) is 2. The Morgan fingerprint density at radius 2 is 2.11 bits per heavy atom. The van der Waals surface area contributed by atoms with Crippen molar-refractivity contribution in [1.29, 1.82) is 0 Å². The first-order valence-electron chi connectivity index (χ1n) is 7.52. The van der Waals surface area contributed by atoms with Gasteiger partial charge in [0.25, 0.3) is 0 Å². The molecule has 0 spiro atoms. The largest absolute Gasteiger partial charge is 0.381 e. The van der Waals surface area contributed by atoms with Crippen molar-refractivity contribution in [2.75, 3.05) is 26.3 Å². The van der Waals surface area contributed by atoms with Crippen LogP contribution in [0.5, 0.6) is 0 Å². The van der Waals surface area contributed by atoms with Crippen LogP contribution in [0.15, 0.2) is 0 Å². The van der Waals surface area contributed by atoms with E-state index in [0.29, 0.717) is 11.5 Å². The Hall–Kier alpha value is -0.120. The molecule has 2 rings (SSSR count). The lowest BCUT2D eigenvalue weighted by atomic mass is 9.77. The van der Waals surface area contributed by atoms with Crippen LogP contribution >= 0.6 is 0 Å². The van der Waals surface area contributed by atoms with Crippen molar-refractivity contribution >= 4 is 0 Å². The zero-order valence-electron chi connectivity index (χ0n) is 12.3. The quantitative estimate of drug-likeness (QED) is 0.819. The Morgan fingerprint density at radius 3 is 2.67 bits per heavy atom. The third-order valence-corrected chi connectivity index (χ3v) is 4.37. The molecule has 0 aromatic carbocycles. The summed E-state index contributed by atoms with van der Waals surface area (Å²) in [6, 6.07) is 0. The molecule has 3 nitrogen and oxygen atoms in total. The van der Waals surface area contributed by atoms with Crippen LogP contribution in [0.25, 0.3) is 0 Å². The zero-order chi connectivity index (χ0) is 13.1. The maximum Gasteiger partial charge on any atom is 0.0631 e. The molecule has 2 unspecified atom stereocenters. The van der Waals surface area contributed by atoms with E-state index in [1.165, 1.54) is 25.7 Å². The van der Waals surface area contributed by atoms with Crippen LogP contribution in [0.4, 0.5) is 0 Å². The monoisotopic (exact) mass is 255 g/mol. The van der Waals surface area contributed by atoms with E-state index in [1.54, 1.807) is 0 Å². The van der Waals surface area contributed by atoms with Gasteiger partial charge in [-0.25, -0.2) is 0 Å². The molecule has 2 atom stereocenters. The molecule has 2 saturated heterocycles. The first kappa shape index (κ1) is 14.3. The second-order valence-electron chi connectivity index (χ2n) is 6.68. The van der Waals surface area contributed by atoms with Gasteiger partial charge >= 0.3 is 0 Å². The highest BCUT2D eigenvalue weighted by Gasteiger charge is 2.40. The lowest BCUT2D eigenvalue weighted by molar-refractivity contribution is -0.0692. The Morgan fingerprint density at radius 1 is 1.28 bits per heavy atom. The van der Waals surface area contributed by atoms with E-state index in [1.807, 2.05) is 0 Å². The van der Waals surface area contributed by atoms with E-state index in [4.69, 9.17) is 9.47 Å². The van der Waals surface area contributed by atoms with Gasteiger partial charge < -0.3 is 14.8 Å². The summed E-state index contributed by atoms with van der Waals surface area (Å²) in [6.45, 7) is 10.5. The number of rotatable bonds is 5. The van der Waals surface area contributed by atoms with Gasteiger partial charge in [-0.15, -0.1) is 0 Å². The predicted molar refractivity (Wildman–Crippen MR) is 73.8 cm³/mol. The van der Waals surface area contributed by atoms with E-state index in [-0.39, 0.29) is 5.60 Å². The van der Waals surface area contributed by atoms with Crippen LogP contribution in [0.2, 0.25) is 0 Å². The van der Waals surface area contributed by atoms with Crippen LogP contribution in [0.3, 0.4) is 0 Å². The van der Waals surface area contributed by atoms with Gasteiger partial charge in [0.1, 0.15) is 0 Å². The van der Waals surface area contributed by atoms with Gasteiger partial charge in [0.05, 0.1) is 18.3 Å². The van der Waals surface area contributed by atoms with Gasteiger partial charge in [-0.2, -0.15) is 0 Å². The maximum atomic E-state index is 6.17. The molecule has 2 aliphatic rings.